The average Bonchev–Trinajstić information content (AvgIpc) is 3.01. The number of carbonyl (C=O) groups excluding carboxylic acids is 1. The number of hydrogen-bond acceptors (Lipinski definition) is 5. The second-order valence-corrected chi connectivity index (χ2v) is 7.66. The number of fused-ring (bicyclic) bond motifs is 1. The molecule has 0 aliphatic carbocycles. The third-order valence-electron chi connectivity index (χ3n) is 3.21. The van der Waals surface area contributed by atoms with E-state index in [-0.39, 0.29) is 11.7 Å². The molecular formula is C17H14ClN3OS2. The quantitative estimate of drug-likeness (QED) is 0.403. The molecule has 0 fully saturated rings. The Balaban J connectivity index is 1.55. The second-order valence-electron chi connectivity index (χ2n) is 4.98. The lowest BCUT2D eigenvalue weighted by atomic mass is 10.1. The van der Waals surface area contributed by atoms with Gasteiger partial charge >= 0.3 is 0 Å². The second kappa shape index (κ2) is 7.79. The zero-order valence-electron chi connectivity index (χ0n) is 12.8. The van der Waals surface area contributed by atoms with Crippen LogP contribution < -0.4 is 5.43 Å². The van der Waals surface area contributed by atoms with E-state index in [2.05, 4.69) is 15.5 Å². The van der Waals surface area contributed by atoms with Crippen LogP contribution in [0.1, 0.15) is 12.5 Å². The molecule has 3 aromatic rings. The van der Waals surface area contributed by atoms with Gasteiger partial charge in [0.1, 0.15) is 0 Å². The minimum atomic E-state index is -0.160. The SMILES string of the molecule is C/C(=N\NC(=O)CSc1nc2ccccc2s1)c1ccc(Cl)cc1. The Morgan fingerprint density at radius 3 is 2.75 bits per heavy atom. The summed E-state index contributed by atoms with van der Waals surface area (Å²) in [7, 11) is 0. The maximum Gasteiger partial charge on any atom is 0.250 e. The van der Waals surface area contributed by atoms with Crippen molar-refractivity contribution in [1.29, 1.82) is 0 Å². The van der Waals surface area contributed by atoms with Crippen molar-refractivity contribution in [1.82, 2.24) is 10.4 Å². The number of rotatable bonds is 5. The highest BCUT2D eigenvalue weighted by Crippen LogP contribution is 2.28. The fourth-order valence-corrected chi connectivity index (χ4v) is 3.96. The summed E-state index contributed by atoms with van der Waals surface area (Å²) in [6.45, 7) is 1.84. The standard InChI is InChI=1S/C17H14ClN3OS2/c1-11(12-6-8-13(18)9-7-12)20-21-16(22)10-23-17-19-14-4-2-3-5-15(14)24-17/h2-9H,10H2,1H3,(H,21,22)/b20-11+. The number of aromatic nitrogens is 1. The Hall–Kier alpha value is -1.89. The first-order chi connectivity index (χ1) is 11.6. The van der Waals surface area contributed by atoms with Crippen molar-refractivity contribution in [2.75, 3.05) is 5.75 Å². The van der Waals surface area contributed by atoms with Crippen LogP contribution in [0.4, 0.5) is 0 Å². The Kier molecular flexibility index (Phi) is 5.50. The van der Waals surface area contributed by atoms with Gasteiger partial charge in [0.2, 0.25) is 0 Å². The largest absolute Gasteiger partial charge is 0.272 e. The predicted molar refractivity (Wildman–Crippen MR) is 102 cm³/mol. The van der Waals surface area contributed by atoms with Gasteiger partial charge in [-0.3, -0.25) is 4.79 Å². The van der Waals surface area contributed by atoms with Crippen molar-refractivity contribution >= 4 is 56.5 Å². The first-order valence-electron chi connectivity index (χ1n) is 7.19. The molecule has 24 heavy (non-hydrogen) atoms. The van der Waals surface area contributed by atoms with Gasteiger partial charge in [-0.1, -0.05) is 47.6 Å². The van der Waals surface area contributed by atoms with Crippen LogP contribution in [-0.4, -0.2) is 22.4 Å². The predicted octanol–water partition coefficient (Wildman–Crippen LogP) is 4.58. The smallest absolute Gasteiger partial charge is 0.250 e. The van der Waals surface area contributed by atoms with Gasteiger partial charge in [0, 0.05) is 5.02 Å². The van der Waals surface area contributed by atoms with Crippen LogP contribution in [0.2, 0.25) is 5.02 Å². The van der Waals surface area contributed by atoms with Crippen LogP contribution in [0.5, 0.6) is 0 Å². The van der Waals surface area contributed by atoms with Gasteiger partial charge in [-0.25, -0.2) is 10.4 Å². The number of hydrazone groups is 1. The number of para-hydroxylation sites is 1. The Morgan fingerprint density at radius 2 is 2.00 bits per heavy atom. The van der Waals surface area contributed by atoms with Crippen LogP contribution >= 0.6 is 34.7 Å². The summed E-state index contributed by atoms with van der Waals surface area (Å²) >= 11 is 8.85. The van der Waals surface area contributed by atoms with E-state index in [1.807, 2.05) is 43.3 Å². The van der Waals surface area contributed by atoms with Gasteiger partial charge in [-0.05, 0) is 36.8 Å². The highest BCUT2D eigenvalue weighted by molar-refractivity contribution is 8.01. The number of benzene rings is 2. The number of amides is 1. The molecule has 1 amide bonds. The number of nitrogens with zero attached hydrogens (tertiary/aromatic N) is 2. The molecule has 122 valence electrons. The lowest BCUT2D eigenvalue weighted by Gasteiger charge is -2.02. The normalized spacial score (nSPS) is 11.7. The van der Waals surface area contributed by atoms with Gasteiger partial charge in [-0.15, -0.1) is 11.3 Å². The molecule has 0 unspecified atom stereocenters. The maximum absolute atomic E-state index is 11.9. The topological polar surface area (TPSA) is 54.4 Å². The molecule has 2 aromatic carbocycles. The molecule has 1 heterocycles. The first kappa shape index (κ1) is 17.0. The van der Waals surface area contributed by atoms with Gasteiger partial charge in [0.15, 0.2) is 4.34 Å². The zero-order valence-corrected chi connectivity index (χ0v) is 15.2. The van der Waals surface area contributed by atoms with Crippen molar-refractivity contribution in [3.8, 4) is 0 Å². The van der Waals surface area contributed by atoms with E-state index < -0.39 is 0 Å². The van der Waals surface area contributed by atoms with Gasteiger partial charge in [-0.2, -0.15) is 5.10 Å². The van der Waals surface area contributed by atoms with Crippen molar-refractivity contribution in [3.05, 3.63) is 59.1 Å². The van der Waals surface area contributed by atoms with E-state index in [9.17, 15) is 4.79 Å². The number of thioether (sulfide) groups is 1. The average molecular weight is 376 g/mol. The molecule has 1 N–H and O–H groups in total. The first-order valence-corrected chi connectivity index (χ1v) is 9.37. The van der Waals surface area contributed by atoms with E-state index in [4.69, 9.17) is 11.6 Å². The summed E-state index contributed by atoms with van der Waals surface area (Å²) < 4.78 is 2.00. The van der Waals surface area contributed by atoms with Crippen LogP contribution in [0.3, 0.4) is 0 Å². The Bertz CT molecular complexity index is 857. The summed E-state index contributed by atoms with van der Waals surface area (Å²) in [6, 6.07) is 15.2. The highest BCUT2D eigenvalue weighted by atomic mass is 35.5. The summed E-state index contributed by atoms with van der Waals surface area (Å²) in [5.41, 5.74) is 5.17. The molecule has 0 aliphatic rings. The lowest BCUT2D eigenvalue weighted by molar-refractivity contribution is -0.118. The van der Waals surface area contributed by atoms with E-state index >= 15 is 0 Å². The third-order valence-corrected chi connectivity index (χ3v) is 5.64. The summed E-state index contributed by atoms with van der Waals surface area (Å²) in [5, 5.41) is 4.79. The molecule has 0 atom stereocenters. The number of nitrogens with one attached hydrogen (secondary N) is 1. The Morgan fingerprint density at radius 1 is 1.25 bits per heavy atom. The van der Waals surface area contributed by atoms with Crippen molar-refractivity contribution in [2.45, 2.75) is 11.3 Å². The molecule has 0 aliphatic heterocycles. The van der Waals surface area contributed by atoms with E-state index in [0.717, 1.165) is 25.8 Å². The fraction of sp³-hybridized carbons (Fsp3) is 0.118. The number of halogens is 1. The van der Waals surface area contributed by atoms with Crippen LogP contribution in [0.15, 0.2) is 58.0 Å². The molecule has 0 bridgehead atoms. The minimum Gasteiger partial charge on any atom is -0.272 e. The fourth-order valence-electron chi connectivity index (χ4n) is 1.97. The molecule has 1 aromatic heterocycles. The van der Waals surface area contributed by atoms with E-state index in [1.54, 1.807) is 23.5 Å². The molecule has 4 nitrogen and oxygen atoms in total. The van der Waals surface area contributed by atoms with E-state index in [1.165, 1.54) is 11.8 Å². The lowest BCUT2D eigenvalue weighted by Crippen LogP contribution is -2.21. The number of carbonyl (C=O) groups is 1. The van der Waals surface area contributed by atoms with Crippen molar-refractivity contribution < 1.29 is 4.79 Å². The molecule has 3 rings (SSSR count). The zero-order chi connectivity index (χ0) is 16.9. The molecule has 0 saturated carbocycles. The summed E-state index contributed by atoms with van der Waals surface area (Å²) in [5.74, 6) is 0.115. The monoisotopic (exact) mass is 375 g/mol. The van der Waals surface area contributed by atoms with Crippen LogP contribution in [0.25, 0.3) is 10.2 Å². The number of hydrogen-bond donors (Lipinski definition) is 1. The number of thiazole rings is 1. The van der Waals surface area contributed by atoms with Gasteiger partial charge < -0.3 is 0 Å². The third kappa shape index (κ3) is 4.35. The molecule has 0 saturated heterocycles. The van der Waals surface area contributed by atoms with Gasteiger partial charge in [0.05, 0.1) is 21.7 Å². The van der Waals surface area contributed by atoms with Crippen molar-refractivity contribution in [3.63, 3.8) is 0 Å². The van der Waals surface area contributed by atoms with Crippen LogP contribution in [0, 0.1) is 0 Å². The maximum atomic E-state index is 11.9. The molecular weight excluding hydrogens is 362 g/mol. The molecule has 0 radical (unpaired) electrons. The Labute approximate surface area is 152 Å². The highest BCUT2D eigenvalue weighted by Gasteiger charge is 2.07. The van der Waals surface area contributed by atoms with Crippen molar-refractivity contribution in [2.24, 2.45) is 5.10 Å². The summed E-state index contributed by atoms with van der Waals surface area (Å²) in [6.07, 6.45) is 0. The molecule has 0 spiro atoms. The minimum absolute atomic E-state index is 0.160. The van der Waals surface area contributed by atoms with E-state index in [0.29, 0.717) is 5.02 Å². The van der Waals surface area contributed by atoms with Gasteiger partial charge in [0.25, 0.3) is 5.91 Å². The molecule has 7 heteroatoms. The summed E-state index contributed by atoms with van der Waals surface area (Å²) in [4.78, 5) is 16.4. The van der Waals surface area contributed by atoms with Crippen LogP contribution in [-0.2, 0) is 4.79 Å².